The van der Waals surface area contributed by atoms with Crippen molar-refractivity contribution in [2.24, 2.45) is 0 Å². The van der Waals surface area contributed by atoms with Gasteiger partial charge in [0.05, 0.1) is 0 Å². The monoisotopic (exact) mass is 226 g/mol. The number of hydrogen-bond acceptors (Lipinski definition) is 1. The predicted octanol–water partition coefficient (Wildman–Crippen LogP) is 4.05. The number of carbonyl (C=O) groups is 1. The fraction of sp³-hybridized carbons (Fsp3) is 0.312. The van der Waals surface area contributed by atoms with E-state index in [1.165, 1.54) is 11.1 Å². The van der Waals surface area contributed by atoms with Crippen LogP contribution in [-0.4, -0.2) is 5.78 Å². The first-order valence-electron chi connectivity index (χ1n) is 6.12. The number of allylic oxidation sites excluding steroid dienone is 10. The van der Waals surface area contributed by atoms with Crippen molar-refractivity contribution in [1.82, 2.24) is 0 Å². The van der Waals surface area contributed by atoms with Gasteiger partial charge < -0.3 is 0 Å². The number of ketones is 1. The first-order valence-corrected chi connectivity index (χ1v) is 6.12. The highest BCUT2D eigenvalue weighted by molar-refractivity contribution is 6.07. The maximum Gasteiger partial charge on any atom is 0.185 e. The van der Waals surface area contributed by atoms with Crippen LogP contribution < -0.4 is 0 Å². The lowest BCUT2D eigenvalue weighted by Gasteiger charge is -2.16. The fourth-order valence-corrected chi connectivity index (χ4v) is 2.14. The van der Waals surface area contributed by atoms with Crippen molar-refractivity contribution in [1.29, 1.82) is 0 Å². The van der Waals surface area contributed by atoms with Gasteiger partial charge in [-0.05, 0) is 39.2 Å². The third-order valence-corrected chi connectivity index (χ3v) is 3.22. The molecule has 0 spiro atoms. The molecule has 2 aliphatic carbocycles. The second-order valence-corrected chi connectivity index (χ2v) is 4.75. The summed E-state index contributed by atoms with van der Waals surface area (Å²) < 4.78 is 0. The van der Waals surface area contributed by atoms with E-state index in [2.05, 4.69) is 25.2 Å². The Hall–Kier alpha value is -1.63. The van der Waals surface area contributed by atoms with Gasteiger partial charge in [-0.3, -0.25) is 4.79 Å². The topological polar surface area (TPSA) is 17.1 Å². The highest BCUT2D eigenvalue weighted by Gasteiger charge is 2.15. The minimum absolute atomic E-state index is 0.141. The van der Waals surface area contributed by atoms with E-state index in [0.717, 1.165) is 30.4 Å². The van der Waals surface area contributed by atoms with Crippen molar-refractivity contribution >= 4 is 5.78 Å². The van der Waals surface area contributed by atoms with Crippen LogP contribution in [0.5, 0.6) is 0 Å². The Morgan fingerprint density at radius 2 is 1.94 bits per heavy atom. The molecule has 0 aromatic rings. The SMILES string of the molecule is CC1=CC2=C(C/C=C/C=C(C)\C=C\C2=O)CC1. The predicted molar refractivity (Wildman–Crippen MR) is 71.7 cm³/mol. The molecule has 0 radical (unpaired) electrons. The van der Waals surface area contributed by atoms with Gasteiger partial charge in [-0.2, -0.15) is 0 Å². The summed E-state index contributed by atoms with van der Waals surface area (Å²) in [6.07, 6.45) is 14.9. The quantitative estimate of drug-likeness (QED) is 0.609. The molecule has 0 saturated heterocycles. The molecule has 2 aliphatic rings. The van der Waals surface area contributed by atoms with E-state index in [9.17, 15) is 4.79 Å². The van der Waals surface area contributed by atoms with Crippen molar-refractivity contribution in [2.75, 3.05) is 0 Å². The maximum atomic E-state index is 12.1. The summed E-state index contributed by atoms with van der Waals surface area (Å²) in [5.41, 5.74) is 4.59. The first-order chi connectivity index (χ1) is 8.16. The summed E-state index contributed by atoms with van der Waals surface area (Å²) in [5.74, 6) is 0.141. The molecule has 1 nitrogen and oxygen atoms in total. The number of rotatable bonds is 0. The standard InChI is InChI=1S/C16H18O/c1-12-5-3-4-6-14-9-7-13(2)11-15(14)16(17)10-8-12/h3-5,8,10-11H,6-7,9H2,1-2H3/b4-3+,10-8+,12-5-. The van der Waals surface area contributed by atoms with Crippen LogP contribution in [0.2, 0.25) is 0 Å². The molecule has 17 heavy (non-hydrogen) atoms. The van der Waals surface area contributed by atoms with Gasteiger partial charge in [0.15, 0.2) is 5.78 Å². The summed E-state index contributed by atoms with van der Waals surface area (Å²) in [6, 6.07) is 0. The van der Waals surface area contributed by atoms with Gasteiger partial charge >= 0.3 is 0 Å². The molecule has 0 aliphatic heterocycles. The van der Waals surface area contributed by atoms with Crippen LogP contribution in [0.1, 0.15) is 33.1 Å². The Bertz CT molecular complexity index is 482. The molecular weight excluding hydrogens is 208 g/mol. The molecular formula is C16H18O. The van der Waals surface area contributed by atoms with Gasteiger partial charge in [0.25, 0.3) is 0 Å². The zero-order valence-corrected chi connectivity index (χ0v) is 10.5. The molecule has 0 atom stereocenters. The summed E-state index contributed by atoms with van der Waals surface area (Å²) in [7, 11) is 0. The van der Waals surface area contributed by atoms with Crippen LogP contribution in [0.15, 0.2) is 58.7 Å². The molecule has 0 amide bonds. The Balaban J connectivity index is 2.40. The van der Waals surface area contributed by atoms with Gasteiger partial charge in [0.1, 0.15) is 0 Å². The second-order valence-electron chi connectivity index (χ2n) is 4.75. The molecule has 2 rings (SSSR count). The van der Waals surface area contributed by atoms with Crippen molar-refractivity contribution in [2.45, 2.75) is 33.1 Å². The largest absolute Gasteiger partial charge is 0.289 e. The highest BCUT2D eigenvalue weighted by atomic mass is 16.1. The molecule has 0 bridgehead atoms. The van der Waals surface area contributed by atoms with Crippen LogP contribution in [0.3, 0.4) is 0 Å². The molecule has 88 valence electrons. The van der Waals surface area contributed by atoms with Gasteiger partial charge in [0, 0.05) is 5.57 Å². The fourth-order valence-electron chi connectivity index (χ4n) is 2.14. The zero-order chi connectivity index (χ0) is 12.3. The van der Waals surface area contributed by atoms with Crippen molar-refractivity contribution in [3.63, 3.8) is 0 Å². The van der Waals surface area contributed by atoms with Crippen molar-refractivity contribution in [3.8, 4) is 0 Å². The molecule has 1 heteroatoms. The average Bonchev–Trinajstić information content (AvgIpc) is 2.32. The third kappa shape index (κ3) is 2.94. The minimum Gasteiger partial charge on any atom is -0.289 e. The molecule has 0 fully saturated rings. The Morgan fingerprint density at radius 3 is 2.76 bits per heavy atom. The molecule has 0 aromatic heterocycles. The van der Waals surface area contributed by atoms with E-state index in [1.807, 2.05) is 19.1 Å². The van der Waals surface area contributed by atoms with Crippen LogP contribution >= 0.6 is 0 Å². The van der Waals surface area contributed by atoms with E-state index in [4.69, 9.17) is 0 Å². The van der Waals surface area contributed by atoms with Crippen LogP contribution in [0.25, 0.3) is 0 Å². The van der Waals surface area contributed by atoms with E-state index in [0.29, 0.717) is 0 Å². The van der Waals surface area contributed by atoms with Crippen molar-refractivity contribution in [3.05, 3.63) is 58.7 Å². The van der Waals surface area contributed by atoms with Gasteiger partial charge in [-0.15, -0.1) is 0 Å². The lowest BCUT2D eigenvalue weighted by Crippen LogP contribution is -2.06. The first kappa shape index (κ1) is 11.8. The highest BCUT2D eigenvalue weighted by Crippen LogP contribution is 2.27. The van der Waals surface area contributed by atoms with E-state index in [1.54, 1.807) is 6.08 Å². The molecule has 0 unspecified atom stereocenters. The second kappa shape index (κ2) is 5.13. The van der Waals surface area contributed by atoms with Gasteiger partial charge in [0.2, 0.25) is 0 Å². The summed E-state index contributed by atoms with van der Waals surface area (Å²) in [6.45, 7) is 4.10. The number of hydrogen-bond donors (Lipinski definition) is 0. The molecule has 0 N–H and O–H groups in total. The Labute approximate surface area is 103 Å². The van der Waals surface area contributed by atoms with E-state index >= 15 is 0 Å². The summed E-state index contributed by atoms with van der Waals surface area (Å²) >= 11 is 0. The van der Waals surface area contributed by atoms with Crippen LogP contribution in [0.4, 0.5) is 0 Å². The summed E-state index contributed by atoms with van der Waals surface area (Å²) in [5, 5.41) is 0. The van der Waals surface area contributed by atoms with Gasteiger partial charge in [-0.1, -0.05) is 47.1 Å². The maximum absolute atomic E-state index is 12.1. The Kier molecular flexibility index (Phi) is 3.58. The minimum atomic E-state index is 0.141. The lowest BCUT2D eigenvalue weighted by atomic mass is 9.88. The number of carbonyl (C=O) groups excluding carboxylic acids is 1. The van der Waals surface area contributed by atoms with Crippen LogP contribution in [-0.2, 0) is 4.79 Å². The molecule has 0 aromatic carbocycles. The summed E-state index contributed by atoms with van der Waals surface area (Å²) in [4.78, 5) is 12.1. The van der Waals surface area contributed by atoms with E-state index in [-0.39, 0.29) is 5.78 Å². The average molecular weight is 226 g/mol. The molecule has 0 heterocycles. The van der Waals surface area contributed by atoms with Crippen LogP contribution in [0, 0.1) is 0 Å². The van der Waals surface area contributed by atoms with Gasteiger partial charge in [-0.25, -0.2) is 0 Å². The lowest BCUT2D eigenvalue weighted by molar-refractivity contribution is -0.111. The van der Waals surface area contributed by atoms with Crippen molar-refractivity contribution < 1.29 is 4.79 Å². The third-order valence-electron chi connectivity index (χ3n) is 3.22. The van der Waals surface area contributed by atoms with E-state index < -0.39 is 0 Å². The normalized spacial score (nSPS) is 27.8. The zero-order valence-electron chi connectivity index (χ0n) is 10.5. The smallest absolute Gasteiger partial charge is 0.185 e. The molecule has 0 saturated carbocycles. The Morgan fingerprint density at radius 1 is 1.12 bits per heavy atom.